The van der Waals surface area contributed by atoms with Crippen LogP contribution in [0.4, 0.5) is 5.69 Å². The molecule has 1 aliphatic rings. The van der Waals surface area contributed by atoms with Crippen LogP contribution in [0.25, 0.3) is 0 Å². The Bertz CT molecular complexity index is 566. The molecular formula is C15H25N3O2S. The molecule has 1 N–H and O–H groups in total. The number of likely N-dealkylation sites (tertiary alicyclic amines) is 1. The molecular weight excluding hydrogens is 286 g/mol. The minimum Gasteiger partial charge on any atom is -0.387 e. The van der Waals surface area contributed by atoms with Crippen molar-refractivity contribution in [3.05, 3.63) is 24.3 Å². The quantitative estimate of drug-likeness (QED) is 0.901. The second-order valence-electron chi connectivity index (χ2n) is 5.43. The van der Waals surface area contributed by atoms with E-state index in [1.807, 2.05) is 6.07 Å². The predicted octanol–water partition coefficient (Wildman–Crippen LogP) is 1.83. The summed E-state index contributed by atoms with van der Waals surface area (Å²) < 4.78 is 27.2. The highest BCUT2D eigenvalue weighted by Gasteiger charge is 2.31. The first-order valence-electron chi connectivity index (χ1n) is 7.48. The van der Waals surface area contributed by atoms with Crippen molar-refractivity contribution in [1.82, 2.24) is 9.21 Å². The van der Waals surface area contributed by atoms with Gasteiger partial charge in [0, 0.05) is 20.1 Å². The lowest BCUT2D eigenvalue weighted by Gasteiger charge is -2.35. The predicted molar refractivity (Wildman–Crippen MR) is 86.1 cm³/mol. The zero-order valence-corrected chi connectivity index (χ0v) is 13.9. The number of anilines is 1. The monoisotopic (exact) mass is 311 g/mol. The van der Waals surface area contributed by atoms with Gasteiger partial charge in [-0.3, -0.25) is 0 Å². The van der Waals surface area contributed by atoms with Crippen LogP contribution in [0.2, 0.25) is 0 Å². The molecule has 1 aliphatic heterocycles. The van der Waals surface area contributed by atoms with Gasteiger partial charge >= 0.3 is 0 Å². The van der Waals surface area contributed by atoms with E-state index in [9.17, 15) is 8.42 Å². The molecule has 0 bridgehead atoms. The van der Waals surface area contributed by atoms with E-state index in [-0.39, 0.29) is 6.04 Å². The number of nitrogens with one attached hydrogen (secondary N) is 1. The standard InChI is InChI=1S/C15H25N3O2S/c1-4-18-11-9-13(10-12-18)17(3)21(19,20)15-8-6-5-7-14(15)16-2/h5-8,13,16H,4,9-12H2,1-3H3. The van der Waals surface area contributed by atoms with E-state index < -0.39 is 10.0 Å². The molecule has 1 saturated heterocycles. The number of hydrogen-bond donors (Lipinski definition) is 1. The van der Waals surface area contributed by atoms with Crippen molar-refractivity contribution in [3.63, 3.8) is 0 Å². The van der Waals surface area contributed by atoms with Crippen LogP contribution in [0.15, 0.2) is 29.2 Å². The van der Waals surface area contributed by atoms with Gasteiger partial charge in [0.2, 0.25) is 10.0 Å². The Morgan fingerprint density at radius 2 is 1.90 bits per heavy atom. The van der Waals surface area contributed by atoms with Gasteiger partial charge in [-0.1, -0.05) is 19.1 Å². The maximum absolute atomic E-state index is 12.8. The van der Waals surface area contributed by atoms with Crippen LogP contribution < -0.4 is 5.32 Å². The van der Waals surface area contributed by atoms with E-state index >= 15 is 0 Å². The Labute approximate surface area is 128 Å². The fourth-order valence-corrected chi connectivity index (χ4v) is 4.46. The molecule has 0 aliphatic carbocycles. The van der Waals surface area contributed by atoms with E-state index in [1.165, 1.54) is 0 Å². The zero-order chi connectivity index (χ0) is 15.5. The van der Waals surface area contributed by atoms with Crippen molar-refractivity contribution in [3.8, 4) is 0 Å². The van der Waals surface area contributed by atoms with Crippen molar-refractivity contribution in [2.45, 2.75) is 30.7 Å². The van der Waals surface area contributed by atoms with E-state index in [4.69, 9.17) is 0 Å². The molecule has 1 fully saturated rings. The van der Waals surface area contributed by atoms with Crippen LogP contribution in [0.5, 0.6) is 0 Å². The lowest BCUT2D eigenvalue weighted by molar-refractivity contribution is 0.176. The lowest BCUT2D eigenvalue weighted by Crippen LogP contribution is -2.45. The number of nitrogens with zero attached hydrogens (tertiary/aromatic N) is 2. The van der Waals surface area contributed by atoms with Crippen LogP contribution in [-0.4, -0.2) is 57.4 Å². The lowest BCUT2D eigenvalue weighted by atomic mass is 10.1. The van der Waals surface area contributed by atoms with Gasteiger partial charge in [-0.15, -0.1) is 0 Å². The molecule has 0 saturated carbocycles. The molecule has 1 heterocycles. The Hall–Kier alpha value is -1.11. The van der Waals surface area contributed by atoms with Crippen LogP contribution in [-0.2, 0) is 10.0 Å². The van der Waals surface area contributed by atoms with Crippen LogP contribution in [0, 0.1) is 0 Å². The van der Waals surface area contributed by atoms with Gasteiger partial charge in [0.15, 0.2) is 0 Å². The fraction of sp³-hybridized carbons (Fsp3) is 0.600. The number of piperidine rings is 1. The first-order chi connectivity index (χ1) is 10.0. The number of hydrogen-bond acceptors (Lipinski definition) is 4. The molecule has 0 radical (unpaired) electrons. The first-order valence-corrected chi connectivity index (χ1v) is 8.92. The van der Waals surface area contributed by atoms with E-state index in [0.29, 0.717) is 10.6 Å². The molecule has 0 spiro atoms. The highest BCUT2D eigenvalue weighted by molar-refractivity contribution is 7.89. The third kappa shape index (κ3) is 3.39. The minimum absolute atomic E-state index is 0.0858. The Kier molecular flexibility index (Phi) is 5.24. The van der Waals surface area contributed by atoms with Crippen molar-refractivity contribution >= 4 is 15.7 Å². The number of sulfonamides is 1. The summed E-state index contributed by atoms with van der Waals surface area (Å²) in [4.78, 5) is 2.71. The van der Waals surface area contributed by atoms with Gasteiger partial charge < -0.3 is 10.2 Å². The molecule has 0 unspecified atom stereocenters. The number of para-hydroxylation sites is 1. The normalized spacial score (nSPS) is 18.1. The smallest absolute Gasteiger partial charge is 0.245 e. The molecule has 0 aromatic heterocycles. The zero-order valence-electron chi connectivity index (χ0n) is 13.0. The fourth-order valence-electron chi connectivity index (χ4n) is 2.85. The largest absolute Gasteiger partial charge is 0.387 e. The Morgan fingerprint density at radius 3 is 2.48 bits per heavy atom. The SMILES string of the molecule is CCN1CCC(N(C)S(=O)(=O)c2ccccc2NC)CC1. The molecule has 0 atom stereocenters. The van der Waals surface area contributed by atoms with Crippen molar-refractivity contribution in [2.75, 3.05) is 39.0 Å². The highest BCUT2D eigenvalue weighted by Crippen LogP contribution is 2.27. The van der Waals surface area contributed by atoms with E-state index in [2.05, 4.69) is 17.1 Å². The molecule has 5 nitrogen and oxygen atoms in total. The summed E-state index contributed by atoms with van der Waals surface area (Å²) in [6.07, 6.45) is 1.79. The van der Waals surface area contributed by atoms with E-state index in [1.54, 1.807) is 36.6 Å². The summed E-state index contributed by atoms with van der Waals surface area (Å²) >= 11 is 0. The summed E-state index contributed by atoms with van der Waals surface area (Å²) in [5.74, 6) is 0. The Balaban J connectivity index is 2.19. The third-order valence-corrected chi connectivity index (χ3v) is 6.30. The highest BCUT2D eigenvalue weighted by atomic mass is 32.2. The molecule has 21 heavy (non-hydrogen) atoms. The summed E-state index contributed by atoms with van der Waals surface area (Å²) in [5.41, 5.74) is 0.648. The van der Waals surface area contributed by atoms with Gasteiger partial charge in [-0.25, -0.2) is 8.42 Å². The second-order valence-corrected chi connectivity index (χ2v) is 7.40. The first kappa shape index (κ1) is 16.3. The second kappa shape index (κ2) is 6.77. The maximum atomic E-state index is 12.8. The van der Waals surface area contributed by atoms with Crippen molar-refractivity contribution < 1.29 is 8.42 Å². The topological polar surface area (TPSA) is 52.7 Å². The molecule has 118 valence electrons. The minimum atomic E-state index is -3.45. The summed E-state index contributed by atoms with van der Waals surface area (Å²) in [5, 5.41) is 2.96. The van der Waals surface area contributed by atoms with Crippen molar-refractivity contribution in [1.29, 1.82) is 0 Å². The maximum Gasteiger partial charge on any atom is 0.245 e. The molecule has 0 amide bonds. The average Bonchev–Trinajstić information content (AvgIpc) is 2.54. The van der Waals surface area contributed by atoms with Crippen molar-refractivity contribution in [2.24, 2.45) is 0 Å². The van der Waals surface area contributed by atoms with Crippen LogP contribution in [0.1, 0.15) is 19.8 Å². The van der Waals surface area contributed by atoms with Crippen LogP contribution in [0.3, 0.4) is 0 Å². The summed E-state index contributed by atoms with van der Waals surface area (Å²) in [6.45, 7) is 5.11. The number of rotatable bonds is 5. The van der Waals surface area contributed by atoms with Gasteiger partial charge in [0.1, 0.15) is 4.90 Å². The number of benzene rings is 1. The van der Waals surface area contributed by atoms with Gasteiger partial charge in [-0.05, 0) is 44.6 Å². The van der Waals surface area contributed by atoms with Crippen LogP contribution >= 0.6 is 0 Å². The third-order valence-electron chi connectivity index (χ3n) is 4.33. The molecule has 6 heteroatoms. The van der Waals surface area contributed by atoms with Gasteiger partial charge in [-0.2, -0.15) is 4.31 Å². The molecule has 2 rings (SSSR count). The molecule has 1 aromatic rings. The van der Waals surface area contributed by atoms with E-state index in [0.717, 1.165) is 32.5 Å². The summed E-state index contributed by atoms with van der Waals surface area (Å²) in [6, 6.07) is 7.15. The Morgan fingerprint density at radius 1 is 1.29 bits per heavy atom. The summed E-state index contributed by atoms with van der Waals surface area (Å²) in [7, 11) is -0.00669. The molecule has 1 aromatic carbocycles. The van der Waals surface area contributed by atoms with Gasteiger partial charge in [0.05, 0.1) is 5.69 Å². The van der Waals surface area contributed by atoms with Gasteiger partial charge in [0.25, 0.3) is 0 Å². The average molecular weight is 311 g/mol.